The number of pyridine rings is 1. The Balaban J connectivity index is 1.77. The molecule has 0 saturated heterocycles. The van der Waals surface area contributed by atoms with Gasteiger partial charge in [-0.2, -0.15) is 0 Å². The van der Waals surface area contributed by atoms with E-state index in [0.29, 0.717) is 28.0 Å². The third-order valence-corrected chi connectivity index (χ3v) is 4.30. The van der Waals surface area contributed by atoms with Crippen LogP contribution in [0.25, 0.3) is 10.8 Å². The van der Waals surface area contributed by atoms with Crippen molar-refractivity contribution in [2.45, 2.75) is 13.5 Å². The highest BCUT2D eigenvalue weighted by atomic mass is 16.6. The smallest absolute Gasteiger partial charge is 0.344 e. The first-order valence-electron chi connectivity index (χ1n) is 9.36. The lowest BCUT2D eigenvalue weighted by molar-refractivity contribution is -0.145. The van der Waals surface area contributed by atoms with E-state index in [1.54, 1.807) is 62.6 Å². The average Bonchev–Trinajstić information content (AvgIpc) is 2.74. The summed E-state index contributed by atoms with van der Waals surface area (Å²) in [6.07, 6.45) is 1.52. The highest BCUT2D eigenvalue weighted by molar-refractivity contribution is 5.91. The van der Waals surface area contributed by atoms with Crippen LogP contribution in [0.3, 0.4) is 0 Å². The lowest BCUT2D eigenvalue weighted by atomic mass is 10.1. The average molecular weight is 410 g/mol. The number of hydrogen-bond acceptors (Lipinski definition) is 6. The normalized spacial score (nSPS) is 10.5. The summed E-state index contributed by atoms with van der Waals surface area (Å²) in [7, 11) is 1.54. The van der Waals surface area contributed by atoms with Crippen molar-refractivity contribution in [1.82, 2.24) is 4.57 Å². The molecule has 0 atom stereocenters. The zero-order valence-corrected chi connectivity index (χ0v) is 16.7. The molecular formula is C22H22N2O6. The zero-order valence-electron chi connectivity index (χ0n) is 16.7. The fourth-order valence-electron chi connectivity index (χ4n) is 2.94. The Hall–Kier alpha value is -3.81. The van der Waals surface area contributed by atoms with Gasteiger partial charge in [0.25, 0.3) is 5.56 Å². The van der Waals surface area contributed by atoms with E-state index in [1.165, 1.54) is 10.8 Å². The van der Waals surface area contributed by atoms with Crippen LogP contribution in [0.4, 0.5) is 5.69 Å². The molecule has 2 aromatic carbocycles. The third-order valence-electron chi connectivity index (χ3n) is 4.30. The van der Waals surface area contributed by atoms with Gasteiger partial charge in [-0.05, 0) is 37.3 Å². The quantitative estimate of drug-likeness (QED) is 0.574. The van der Waals surface area contributed by atoms with Crippen LogP contribution in [0.15, 0.2) is 59.5 Å². The second-order valence-corrected chi connectivity index (χ2v) is 6.34. The van der Waals surface area contributed by atoms with Gasteiger partial charge in [0.15, 0.2) is 6.61 Å². The number of esters is 1. The van der Waals surface area contributed by atoms with E-state index in [2.05, 4.69) is 5.32 Å². The number of ether oxygens (including phenoxy) is 3. The molecule has 1 amide bonds. The minimum atomic E-state index is -0.489. The summed E-state index contributed by atoms with van der Waals surface area (Å²) >= 11 is 0. The summed E-state index contributed by atoms with van der Waals surface area (Å²) < 4.78 is 16.8. The Morgan fingerprint density at radius 2 is 1.87 bits per heavy atom. The maximum absolute atomic E-state index is 12.8. The van der Waals surface area contributed by atoms with E-state index in [9.17, 15) is 14.4 Å². The summed E-state index contributed by atoms with van der Waals surface area (Å²) in [5.74, 6) is 0.174. The van der Waals surface area contributed by atoms with Crippen molar-refractivity contribution in [2.75, 3.05) is 25.6 Å². The number of carbonyl (C=O) groups excluding carboxylic acids is 2. The maximum Gasteiger partial charge on any atom is 0.344 e. The highest BCUT2D eigenvalue weighted by Gasteiger charge is 2.12. The molecule has 0 aliphatic rings. The summed E-state index contributed by atoms with van der Waals surface area (Å²) in [5, 5.41) is 3.68. The minimum absolute atomic E-state index is 0.153. The number of amides is 1. The van der Waals surface area contributed by atoms with Gasteiger partial charge in [-0.3, -0.25) is 9.59 Å². The highest BCUT2D eigenvalue weighted by Crippen LogP contribution is 2.23. The molecule has 1 N–H and O–H groups in total. The van der Waals surface area contributed by atoms with Crippen molar-refractivity contribution in [3.8, 4) is 11.5 Å². The maximum atomic E-state index is 12.8. The number of carbonyl (C=O) groups is 2. The first-order chi connectivity index (χ1) is 14.5. The van der Waals surface area contributed by atoms with Gasteiger partial charge in [-0.1, -0.05) is 12.1 Å². The first kappa shape index (κ1) is 20.9. The monoisotopic (exact) mass is 410 g/mol. The molecule has 8 heteroatoms. The Morgan fingerprint density at radius 3 is 2.63 bits per heavy atom. The van der Waals surface area contributed by atoms with E-state index < -0.39 is 5.97 Å². The molecule has 8 nitrogen and oxygen atoms in total. The topological polar surface area (TPSA) is 95.9 Å². The molecule has 0 fully saturated rings. The molecular weight excluding hydrogens is 388 g/mol. The molecule has 3 rings (SSSR count). The summed E-state index contributed by atoms with van der Waals surface area (Å²) in [5.41, 5.74) is 0.234. The van der Waals surface area contributed by atoms with Crippen molar-refractivity contribution in [3.05, 3.63) is 65.1 Å². The molecule has 156 valence electrons. The van der Waals surface area contributed by atoms with Crippen molar-refractivity contribution in [3.63, 3.8) is 0 Å². The zero-order chi connectivity index (χ0) is 21.5. The van der Waals surface area contributed by atoms with Crippen LogP contribution in [0.2, 0.25) is 0 Å². The minimum Gasteiger partial charge on any atom is -0.497 e. The molecule has 1 heterocycles. The summed E-state index contributed by atoms with van der Waals surface area (Å²) in [6.45, 7) is 1.57. The summed E-state index contributed by atoms with van der Waals surface area (Å²) in [4.78, 5) is 36.7. The largest absolute Gasteiger partial charge is 0.497 e. The first-order valence-corrected chi connectivity index (χ1v) is 9.36. The Bertz CT molecular complexity index is 1120. The van der Waals surface area contributed by atoms with Gasteiger partial charge < -0.3 is 24.1 Å². The third kappa shape index (κ3) is 4.96. The second-order valence-electron chi connectivity index (χ2n) is 6.34. The fourth-order valence-corrected chi connectivity index (χ4v) is 2.94. The lowest BCUT2D eigenvalue weighted by Gasteiger charge is -2.11. The van der Waals surface area contributed by atoms with Crippen LogP contribution in [-0.2, 0) is 20.9 Å². The number of nitrogens with zero attached hydrogens (tertiary/aromatic N) is 1. The number of nitrogens with one attached hydrogen (secondary N) is 1. The van der Waals surface area contributed by atoms with Crippen LogP contribution in [0, 0.1) is 0 Å². The molecule has 0 aliphatic heterocycles. The van der Waals surface area contributed by atoms with Gasteiger partial charge in [0, 0.05) is 23.3 Å². The molecule has 3 aromatic rings. The van der Waals surface area contributed by atoms with Crippen LogP contribution < -0.4 is 20.3 Å². The Labute approximate surface area is 173 Å². The summed E-state index contributed by atoms with van der Waals surface area (Å²) in [6, 6.07) is 13.6. The van der Waals surface area contributed by atoms with Crippen LogP contribution in [0.1, 0.15) is 6.92 Å². The van der Waals surface area contributed by atoms with Crippen LogP contribution >= 0.6 is 0 Å². The molecule has 0 unspecified atom stereocenters. The number of benzene rings is 2. The number of aromatic nitrogens is 1. The van der Waals surface area contributed by atoms with Gasteiger partial charge in [-0.15, -0.1) is 0 Å². The van der Waals surface area contributed by atoms with E-state index in [-0.39, 0.29) is 31.2 Å². The predicted molar refractivity (Wildman–Crippen MR) is 112 cm³/mol. The van der Waals surface area contributed by atoms with Crippen molar-refractivity contribution in [1.29, 1.82) is 0 Å². The molecule has 0 bridgehead atoms. The van der Waals surface area contributed by atoms with Gasteiger partial charge in [-0.25, -0.2) is 4.79 Å². The SMILES string of the molecule is CCOC(=O)COc1cccc2c(=O)n(CC(=O)Nc3cccc(OC)c3)ccc12. The fraction of sp³-hybridized carbons (Fsp3) is 0.227. The second kappa shape index (κ2) is 9.60. The van der Waals surface area contributed by atoms with Crippen LogP contribution in [0.5, 0.6) is 11.5 Å². The van der Waals surface area contributed by atoms with Crippen molar-refractivity contribution < 1.29 is 23.8 Å². The number of fused-ring (bicyclic) bond motifs is 1. The van der Waals surface area contributed by atoms with Gasteiger partial charge in [0.1, 0.15) is 18.0 Å². The van der Waals surface area contributed by atoms with Gasteiger partial charge in [0.05, 0.1) is 19.1 Å². The number of rotatable bonds is 8. The van der Waals surface area contributed by atoms with Gasteiger partial charge >= 0.3 is 5.97 Å². The van der Waals surface area contributed by atoms with Crippen molar-refractivity contribution in [2.24, 2.45) is 0 Å². The molecule has 1 aromatic heterocycles. The van der Waals surface area contributed by atoms with E-state index in [4.69, 9.17) is 14.2 Å². The predicted octanol–water partition coefficient (Wildman–Crippen LogP) is 2.59. The molecule has 0 spiro atoms. The van der Waals surface area contributed by atoms with E-state index in [0.717, 1.165) is 0 Å². The number of anilines is 1. The van der Waals surface area contributed by atoms with Gasteiger partial charge in [0.2, 0.25) is 5.91 Å². The van der Waals surface area contributed by atoms with E-state index in [1.807, 2.05) is 0 Å². The lowest BCUT2D eigenvalue weighted by Crippen LogP contribution is -2.27. The molecule has 0 radical (unpaired) electrons. The number of methoxy groups -OCH3 is 1. The number of hydrogen-bond donors (Lipinski definition) is 1. The van der Waals surface area contributed by atoms with E-state index >= 15 is 0 Å². The molecule has 30 heavy (non-hydrogen) atoms. The molecule has 0 saturated carbocycles. The van der Waals surface area contributed by atoms with Crippen LogP contribution in [-0.4, -0.2) is 36.8 Å². The Kier molecular flexibility index (Phi) is 6.69. The standard InChI is InChI=1S/C22H22N2O6/c1-3-29-21(26)14-30-19-9-5-8-18-17(19)10-11-24(22(18)27)13-20(25)23-15-6-4-7-16(12-15)28-2/h4-12H,3,13-14H2,1-2H3,(H,23,25). The Morgan fingerprint density at radius 1 is 1.07 bits per heavy atom. The van der Waals surface area contributed by atoms with Crippen molar-refractivity contribution >= 4 is 28.3 Å². The molecule has 0 aliphatic carbocycles.